The van der Waals surface area contributed by atoms with E-state index >= 15 is 0 Å². The molecule has 1 aromatic heterocycles. The van der Waals surface area contributed by atoms with E-state index in [1.54, 1.807) is 6.07 Å². The average Bonchev–Trinajstić information content (AvgIpc) is 3.13. The topological polar surface area (TPSA) is 87.2 Å². The highest BCUT2D eigenvalue weighted by molar-refractivity contribution is 8.01. The SMILES string of the molecule is O=C1CC(C(F)(F)F)N(C(=O)CSc2nnc(NC3CCCCC3)s2)c2ccccc2N1. The summed E-state index contributed by atoms with van der Waals surface area (Å²) in [6, 6.07) is 4.12. The average molecular weight is 486 g/mol. The van der Waals surface area contributed by atoms with E-state index in [0.717, 1.165) is 24.6 Å². The molecule has 7 nitrogen and oxygen atoms in total. The van der Waals surface area contributed by atoms with Gasteiger partial charge in [0.1, 0.15) is 6.04 Å². The highest BCUT2D eigenvalue weighted by Gasteiger charge is 2.48. The number of hydrogen-bond donors (Lipinski definition) is 2. The first kappa shape index (κ1) is 22.8. The Kier molecular flexibility index (Phi) is 6.89. The van der Waals surface area contributed by atoms with Crippen LogP contribution in [0.3, 0.4) is 0 Å². The van der Waals surface area contributed by atoms with Crippen molar-refractivity contribution in [3.8, 4) is 0 Å². The second-order valence-electron chi connectivity index (χ2n) is 7.73. The molecule has 32 heavy (non-hydrogen) atoms. The normalized spacial score (nSPS) is 19.8. The number of para-hydroxylation sites is 2. The quantitative estimate of drug-likeness (QED) is 0.598. The minimum absolute atomic E-state index is 0.0307. The van der Waals surface area contributed by atoms with Gasteiger partial charge in [0.05, 0.1) is 23.5 Å². The summed E-state index contributed by atoms with van der Waals surface area (Å²) in [5.41, 5.74) is 0.209. The first-order valence-corrected chi connectivity index (χ1v) is 12.1. The van der Waals surface area contributed by atoms with E-state index in [2.05, 4.69) is 20.8 Å². The van der Waals surface area contributed by atoms with Crippen LogP contribution in [0.2, 0.25) is 0 Å². The molecule has 4 rings (SSSR count). The largest absolute Gasteiger partial charge is 0.409 e. The van der Waals surface area contributed by atoms with Crippen molar-refractivity contribution in [2.24, 2.45) is 0 Å². The summed E-state index contributed by atoms with van der Waals surface area (Å²) in [6.45, 7) is 0. The lowest BCUT2D eigenvalue weighted by atomic mass is 9.96. The van der Waals surface area contributed by atoms with Gasteiger partial charge in [0, 0.05) is 6.04 Å². The summed E-state index contributed by atoms with van der Waals surface area (Å²) in [4.78, 5) is 25.7. The summed E-state index contributed by atoms with van der Waals surface area (Å²) in [6.07, 6.45) is 0.0964. The molecule has 2 amide bonds. The van der Waals surface area contributed by atoms with Gasteiger partial charge in [0.15, 0.2) is 4.34 Å². The van der Waals surface area contributed by atoms with E-state index in [4.69, 9.17) is 0 Å². The van der Waals surface area contributed by atoms with Crippen LogP contribution in [0.5, 0.6) is 0 Å². The summed E-state index contributed by atoms with van der Waals surface area (Å²) >= 11 is 2.32. The van der Waals surface area contributed by atoms with Gasteiger partial charge >= 0.3 is 6.18 Å². The molecule has 1 unspecified atom stereocenters. The Labute approximate surface area is 191 Å². The van der Waals surface area contributed by atoms with E-state index < -0.39 is 30.5 Å². The number of carbonyl (C=O) groups excluding carboxylic acids is 2. The molecular weight excluding hydrogens is 463 g/mol. The maximum atomic E-state index is 13.8. The van der Waals surface area contributed by atoms with Gasteiger partial charge in [0.2, 0.25) is 16.9 Å². The van der Waals surface area contributed by atoms with Crippen LogP contribution in [0.1, 0.15) is 38.5 Å². The second-order valence-corrected chi connectivity index (χ2v) is 9.93. The maximum absolute atomic E-state index is 13.8. The van der Waals surface area contributed by atoms with Crippen LogP contribution in [0.15, 0.2) is 28.6 Å². The number of nitrogens with zero attached hydrogens (tertiary/aromatic N) is 3. The molecule has 0 bridgehead atoms. The van der Waals surface area contributed by atoms with Crippen molar-refractivity contribution in [3.63, 3.8) is 0 Å². The Morgan fingerprint density at radius 3 is 2.72 bits per heavy atom. The molecule has 2 N–H and O–H groups in total. The first-order chi connectivity index (χ1) is 15.3. The van der Waals surface area contributed by atoms with Crippen molar-refractivity contribution in [2.45, 2.75) is 61.1 Å². The molecule has 2 aliphatic rings. The Morgan fingerprint density at radius 1 is 1.22 bits per heavy atom. The molecule has 0 spiro atoms. The maximum Gasteiger partial charge on any atom is 0.409 e. The molecule has 1 atom stereocenters. The fourth-order valence-electron chi connectivity index (χ4n) is 3.94. The predicted molar refractivity (Wildman–Crippen MR) is 118 cm³/mol. The minimum atomic E-state index is -4.76. The molecule has 2 heterocycles. The number of fused-ring (bicyclic) bond motifs is 1. The molecular formula is C20H22F3N5O2S2. The van der Waals surface area contributed by atoms with Crippen molar-refractivity contribution in [2.75, 3.05) is 21.3 Å². The number of carbonyl (C=O) groups is 2. The third-order valence-electron chi connectivity index (χ3n) is 5.43. The van der Waals surface area contributed by atoms with Crippen molar-refractivity contribution >= 4 is 51.4 Å². The molecule has 1 aliphatic carbocycles. The van der Waals surface area contributed by atoms with Crippen LogP contribution in [-0.4, -0.2) is 46.0 Å². The van der Waals surface area contributed by atoms with Gasteiger partial charge < -0.3 is 10.6 Å². The second kappa shape index (κ2) is 9.65. The number of aromatic nitrogens is 2. The van der Waals surface area contributed by atoms with Crippen LogP contribution in [0.4, 0.5) is 29.7 Å². The lowest BCUT2D eigenvalue weighted by molar-refractivity contribution is -0.157. The number of amides is 2. The number of thioether (sulfide) groups is 1. The van der Waals surface area contributed by atoms with Gasteiger partial charge in [-0.05, 0) is 25.0 Å². The number of alkyl halides is 3. The highest BCUT2D eigenvalue weighted by Crippen LogP contribution is 2.38. The van der Waals surface area contributed by atoms with Gasteiger partial charge in [-0.1, -0.05) is 54.5 Å². The summed E-state index contributed by atoms with van der Waals surface area (Å²) < 4.78 is 41.8. The number of hydrogen-bond acceptors (Lipinski definition) is 7. The number of anilines is 3. The first-order valence-electron chi connectivity index (χ1n) is 10.3. The molecule has 1 aromatic carbocycles. The summed E-state index contributed by atoms with van der Waals surface area (Å²) in [7, 11) is 0. The molecule has 1 saturated carbocycles. The Balaban J connectivity index is 1.48. The fraction of sp³-hybridized carbons (Fsp3) is 0.500. The smallest absolute Gasteiger partial charge is 0.357 e. The van der Waals surface area contributed by atoms with Crippen LogP contribution < -0.4 is 15.5 Å². The van der Waals surface area contributed by atoms with Crippen molar-refractivity contribution in [1.29, 1.82) is 0 Å². The summed E-state index contributed by atoms with van der Waals surface area (Å²) in [5.74, 6) is -1.80. The molecule has 0 radical (unpaired) electrons. The molecule has 2 aromatic rings. The minimum Gasteiger partial charge on any atom is -0.357 e. The summed E-state index contributed by atoms with van der Waals surface area (Å²) in [5, 5.41) is 14.6. The van der Waals surface area contributed by atoms with E-state index in [-0.39, 0.29) is 17.1 Å². The zero-order valence-corrected chi connectivity index (χ0v) is 18.7. The molecule has 0 saturated heterocycles. The highest BCUT2D eigenvalue weighted by atomic mass is 32.2. The van der Waals surface area contributed by atoms with Crippen LogP contribution in [0.25, 0.3) is 0 Å². The van der Waals surface area contributed by atoms with Crippen LogP contribution >= 0.6 is 23.1 Å². The molecule has 1 aliphatic heterocycles. The Bertz CT molecular complexity index is 978. The third-order valence-corrected chi connectivity index (χ3v) is 7.41. The molecule has 172 valence electrons. The fourth-order valence-corrected chi connectivity index (χ4v) is 5.62. The molecule has 12 heteroatoms. The van der Waals surface area contributed by atoms with Gasteiger partial charge in [-0.2, -0.15) is 13.2 Å². The lowest BCUT2D eigenvalue weighted by Crippen LogP contribution is -2.50. The van der Waals surface area contributed by atoms with E-state index in [0.29, 0.717) is 20.4 Å². The van der Waals surface area contributed by atoms with Gasteiger partial charge in [0.25, 0.3) is 0 Å². The van der Waals surface area contributed by atoms with Crippen molar-refractivity contribution in [3.05, 3.63) is 24.3 Å². The Morgan fingerprint density at radius 2 is 1.97 bits per heavy atom. The Hall–Kier alpha value is -2.34. The zero-order valence-electron chi connectivity index (χ0n) is 17.0. The third kappa shape index (κ3) is 5.34. The van der Waals surface area contributed by atoms with Crippen molar-refractivity contribution in [1.82, 2.24) is 10.2 Å². The number of halogens is 3. The number of rotatable bonds is 5. The lowest BCUT2D eigenvalue weighted by Gasteiger charge is -2.31. The number of nitrogens with one attached hydrogen (secondary N) is 2. The van der Waals surface area contributed by atoms with Gasteiger partial charge in [-0.3, -0.25) is 14.5 Å². The predicted octanol–water partition coefficient (Wildman–Crippen LogP) is 4.68. The molecule has 1 fully saturated rings. The van der Waals surface area contributed by atoms with Crippen LogP contribution in [-0.2, 0) is 9.59 Å². The van der Waals surface area contributed by atoms with E-state index in [1.807, 2.05) is 0 Å². The standard InChI is InChI=1S/C20H22F3N5O2S2/c21-20(22,23)15-10-16(29)25-13-8-4-5-9-14(13)28(15)17(30)11-31-19-27-26-18(32-19)24-12-6-2-1-3-7-12/h4-5,8-9,12,15H,1-3,6-7,10-11H2,(H,24,26)(H,25,29). The zero-order chi connectivity index (χ0) is 22.7. The van der Waals surface area contributed by atoms with Gasteiger partial charge in [-0.15, -0.1) is 10.2 Å². The van der Waals surface area contributed by atoms with Gasteiger partial charge in [-0.25, -0.2) is 0 Å². The van der Waals surface area contributed by atoms with Crippen LogP contribution in [0, 0.1) is 0 Å². The van der Waals surface area contributed by atoms with E-state index in [1.165, 1.54) is 48.8 Å². The van der Waals surface area contributed by atoms with Crippen molar-refractivity contribution < 1.29 is 22.8 Å². The number of benzene rings is 1. The van der Waals surface area contributed by atoms with E-state index in [9.17, 15) is 22.8 Å². The monoisotopic (exact) mass is 485 g/mol.